The number of benzene rings is 1. The van der Waals surface area contributed by atoms with Crippen LogP contribution in [0.3, 0.4) is 0 Å². The maximum atomic E-state index is 13.5. The summed E-state index contributed by atoms with van der Waals surface area (Å²) in [5.74, 6) is 0.108. The lowest BCUT2D eigenvalue weighted by molar-refractivity contribution is 0.227. The highest BCUT2D eigenvalue weighted by atomic mass is 127. The number of nitrogens with two attached hydrogens (primary N) is 1. The second kappa shape index (κ2) is 6.32. The summed E-state index contributed by atoms with van der Waals surface area (Å²) in [4.78, 5) is 3.99. The average Bonchev–Trinajstić information content (AvgIpc) is 2.39. The number of hydrogen-bond acceptors (Lipinski definition) is 3. The fourth-order valence-electron chi connectivity index (χ4n) is 1.69. The molecule has 2 N–H and O–H groups in total. The summed E-state index contributed by atoms with van der Waals surface area (Å²) in [5, 5.41) is 0.281. The zero-order chi connectivity index (χ0) is 14.9. The van der Waals surface area contributed by atoms with Gasteiger partial charge in [-0.3, -0.25) is 0 Å². The van der Waals surface area contributed by atoms with E-state index in [0.29, 0.717) is 16.3 Å². The van der Waals surface area contributed by atoms with Gasteiger partial charge in [-0.15, -0.1) is 0 Å². The number of ether oxygens (including phenoxy) is 1. The number of aromatic nitrogens is 1. The SMILES string of the molecule is C[C@@H](Oc1cc(I)cnc1N)c1c(Cl)ccc(F)c1Cl. The molecule has 1 aromatic heterocycles. The molecule has 1 atom stereocenters. The molecule has 0 aliphatic rings. The molecular formula is C13H10Cl2FIN2O. The van der Waals surface area contributed by atoms with Crippen LogP contribution in [0.1, 0.15) is 18.6 Å². The van der Waals surface area contributed by atoms with Gasteiger partial charge in [0.1, 0.15) is 11.9 Å². The summed E-state index contributed by atoms with van der Waals surface area (Å²) in [5.41, 5.74) is 6.12. The Hall–Kier alpha value is -0.790. The standard InChI is InChI=1S/C13H10Cl2FIN2O/c1-6(11-8(14)2-3-9(16)12(11)15)20-10-4-7(17)5-19-13(10)18/h2-6H,1H3,(H2,18,19)/t6-/m1/s1. The first-order valence-electron chi connectivity index (χ1n) is 5.61. The number of nitrogens with zero attached hydrogens (tertiary/aromatic N) is 1. The molecule has 0 saturated carbocycles. The van der Waals surface area contributed by atoms with Crippen LogP contribution in [0.4, 0.5) is 10.2 Å². The normalized spacial score (nSPS) is 12.2. The van der Waals surface area contributed by atoms with Crippen molar-refractivity contribution in [2.24, 2.45) is 0 Å². The first kappa shape index (κ1) is 15.6. The fraction of sp³-hybridized carbons (Fsp3) is 0.154. The molecule has 106 valence electrons. The predicted molar refractivity (Wildman–Crippen MR) is 86.8 cm³/mol. The Morgan fingerprint density at radius 1 is 1.40 bits per heavy atom. The Morgan fingerprint density at radius 2 is 2.10 bits per heavy atom. The van der Waals surface area contributed by atoms with Gasteiger partial charge in [0, 0.05) is 20.4 Å². The fourth-order valence-corrected chi connectivity index (χ4v) is 2.79. The predicted octanol–water partition coefficient (Wildman–Crippen LogP) is 4.85. The lowest BCUT2D eigenvalue weighted by Crippen LogP contribution is -2.08. The molecule has 3 nitrogen and oxygen atoms in total. The highest BCUT2D eigenvalue weighted by molar-refractivity contribution is 14.1. The Balaban J connectivity index is 2.35. The van der Waals surface area contributed by atoms with Crippen LogP contribution in [-0.2, 0) is 0 Å². The Labute approximate surface area is 139 Å². The zero-order valence-electron chi connectivity index (χ0n) is 10.3. The van der Waals surface area contributed by atoms with Crippen LogP contribution in [0.25, 0.3) is 0 Å². The second-order valence-corrected chi connectivity index (χ2v) is 6.08. The van der Waals surface area contributed by atoms with Gasteiger partial charge in [-0.2, -0.15) is 0 Å². The summed E-state index contributed by atoms with van der Waals surface area (Å²) in [6.07, 6.45) is 1.06. The summed E-state index contributed by atoms with van der Waals surface area (Å²) in [7, 11) is 0. The van der Waals surface area contributed by atoms with E-state index in [0.717, 1.165) is 3.57 Å². The lowest BCUT2D eigenvalue weighted by atomic mass is 10.1. The number of halogens is 4. The number of pyridine rings is 1. The van der Waals surface area contributed by atoms with Gasteiger partial charge in [-0.05, 0) is 47.7 Å². The molecule has 2 rings (SSSR count). The number of hydrogen-bond donors (Lipinski definition) is 1. The van der Waals surface area contributed by atoms with E-state index in [-0.39, 0.29) is 10.8 Å². The molecule has 0 unspecified atom stereocenters. The minimum Gasteiger partial charge on any atom is -0.482 e. The Kier molecular flexibility index (Phi) is 4.93. The van der Waals surface area contributed by atoms with Crippen LogP contribution < -0.4 is 10.5 Å². The molecule has 2 aromatic rings. The minimum absolute atomic E-state index is 0.0536. The van der Waals surface area contributed by atoms with Crippen molar-refractivity contribution in [2.45, 2.75) is 13.0 Å². The van der Waals surface area contributed by atoms with Crippen LogP contribution in [0.2, 0.25) is 10.0 Å². The largest absolute Gasteiger partial charge is 0.482 e. The summed E-state index contributed by atoms with van der Waals surface area (Å²) >= 11 is 14.1. The van der Waals surface area contributed by atoms with Gasteiger partial charge in [-0.1, -0.05) is 23.2 Å². The second-order valence-electron chi connectivity index (χ2n) is 4.05. The van der Waals surface area contributed by atoms with Crippen molar-refractivity contribution in [3.8, 4) is 5.75 Å². The summed E-state index contributed by atoms with van der Waals surface area (Å²) < 4.78 is 20.1. The van der Waals surface area contributed by atoms with Gasteiger partial charge >= 0.3 is 0 Å². The number of rotatable bonds is 3. The van der Waals surface area contributed by atoms with Crippen LogP contribution in [-0.4, -0.2) is 4.98 Å². The minimum atomic E-state index is -0.562. The smallest absolute Gasteiger partial charge is 0.166 e. The molecule has 0 saturated heterocycles. The maximum absolute atomic E-state index is 13.5. The molecular weight excluding hydrogens is 417 g/mol. The van der Waals surface area contributed by atoms with Crippen LogP contribution in [0.5, 0.6) is 5.75 Å². The maximum Gasteiger partial charge on any atom is 0.166 e. The van der Waals surface area contributed by atoms with Crippen LogP contribution in [0, 0.1) is 9.39 Å². The topological polar surface area (TPSA) is 48.1 Å². The van der Waals surface area contributed by atoms with E-state index in [1.165, 1.54) is 12.1 Å². The van der Waals surface area contributed by atoms with Gasteiger partial charge in [0.25, 0.3) is 0 Å². The first-order valence-corrected chi connectivity index (χ1v) is 7.44. The Bertz CT molecular complexity index is 655. The van der Waals surface area contributed by atoms with Crippen molar-refractivity contribution >= 4 is 51.6 Å². The van der Waals surface area contributed by atoms with E-state index in [2.05, 4.69) is 27.6 Å². The van der Waals surface area contributed by atoms with Crippen molar-refractivity contribution in [3.05, 3.63) is 49.4 Å². The van der Waals surface area contributed by atoms with Crippen LogP contribution >= 0.6 is 45.8 Å². The molecule has 0 amide bonds. The third kappa shape index (κ3) is 3.27. The third-order valence-electron chi connectivity index (χ3n) is 2.64. The average molecular weight is 427 g/mol. The van der Waals surface area contributed by atoms with E-state index >= 15 is 0 Å². The van der Waals surface area contributed by atoms with E-state index in [9.17, 15) is 4.39 Å². The highest BCUT2D eigenvalue weighted by Gasteiger charge is 2.19. The molecule has 20 heavy (non-hydrogen) atoms. The van der Waals surface area contributed by atoms with Crippen molar-refractivity contribution in [1.29, 1.82) is 0 Å². The quantitative estimate of drug-likeness (QED) is 0.563. The molecule has 1 aromatic carbocycles. The van der Waals surface area contributed by atoms with Gasteiger partial charge in [0.2, 0.25) is 0 Å². The van der Waals surface area contributed by atoms with Gasteiger partial charge in [0.05, 0.1) is 5.02 Å². The van der Waals surface area contributed by atoms with Gasteiger partial charge in [-0.25, -0.2) is 9.37 Å². The molecule has 0 spiro atoms. The number of nitrogen functional groups attached to an aromatic ring is 1. The zero-order valence-corrected chi connectivity index (χ0v) is 14.0. The van der Waals surface area contributed by atoms with Gasteiger partial charge < -0.3 is 10.5 Å². The molecule has 0 aliphatic carbocycles. The highest BCUT2D eigenvalue weighted by Crippen LogP contribution is 2.35. The Morgan fingerprint density at radius 3 is 2.80 bits per heavy atom. The van der Waals surface area contributed by atoms with E-state index in [4.69, 9.17) is 33.7 Å². The molecule has 0 fully saturated rings. The van der Waals surface area contributed by atoms with Crippen molar-refractivity contribution in [3.63, 3.8) is 0 Å². The number of anilines is 1. The van der Waals surface area contributed by atoms with Crippen molar-refractivity contribution in [2.75, 3.05) is 5.73 Å². The first-order chi connectivity index (χ1) is 9.40. The molecule has 1 heterocycles. The molecule has 0 bridgehead atoms. The molecule has 0 radical (unpaired) electrons. The van der Waals surface area contributed by atoms with Gasteiger partial charge in [0.15, 0.2) is 11.6 Å². The summed E-state index contributed by atoms with van der Waals surface area (Å²) in [6, 6.07) is 4.39. The van der Waals surface area contributed by atoms with Crippen LogP contribution in [0.15, 0.2) is 24.4 Å². The van der Waals surface area contributed by atoms with E-state index in [1.54, 1.807) is 19.2 Å². The lowest BCUT2D eigenvalue weighted by Gasteiger charge is -2.18. The third-order valence-corrected chi connectivity index (χ3v) is 3.94. The van der Waals surface area contributed by atoms with E-state index in [1.807, 2.05) is 0 Å². The molecule has 7 heteroatoms. The summed E-state index contributed by atoms with van der Waals surface area (Å²) in [6.45, 7) is 1.71. The van der Waals surface area contributed by atoms with Crippen molar-refractivity contribution in [1.82, 2.24) is 4.98 Å². The molecule has 0 aliphatic heterocycles. The van der Waals surface area contributed by atoms with E-state index < -0.39 is 11.9 Å². The van der Waals surface area contributed by atoms with Crippen molar-refractivity contribution < 1.29 is 9.13 Å². The monoisotopic (exact) mass is 426 g/mol.